The van der Waals surface area contributed by atoms with Crippen LogP contribution in [-0.2, 0) is 4.79 Å². The molecule has 0 radical (unpaired) electrons. The number of primary amides is 1. The summed E-state index contributed by atoms with van der Waals surface area (Å²) in [6.07, 6.45) is 0. The van der Waals surface area contributed by atoms with Crippen LogP contribution in [0.25, 0.3) is 0 Å². The van der Waals surface area contributed by atoms with Crippen molar-refractivity contribution in [3.05, 3.63) is 29.6 Å². The molecule has 80 valence electrons. The molecule has 0 unspecified atom stereocenters. The number of hydrogen-bond acceptors (Lipinski definition) is 3. The molecular formula is C9H10FN3O2. The molecule has 1 aromatic carbocycles. The zero-order valence-electron chi connectivity index (χ0n) is 7.79. The lowest BCUT2D eigenvalue weighted by Gasteiger charge is -2.04. The van der Waals surface area contributed by atoms with Crippen molar-refractivity contribution in [2.75, 3.05) is 12.3 Å². The second-order valence-electron chi connectivity index (χ2n) is 2.89. The summed E-state index contributed by atoms with van der Waals surface area (Å²) in [5.41, 5.74) is 10.3. The predicted molar refractivity (Wildman–Crippen MR) is 52.3 cm³/mol. The Hall–Kier alpha value is -2.11. The molecule has 0 saturated heterocycles. The lowest BCUT2D eigenvalue weighted by atomic mass is 10.2. The van der Waals surface area contributed by atoms with E-state index in [1.807, 2.05) is 0 Å². The molecule has 0 aliphatic heterocycles. The van der Waals surface area contributed by atoms with Crippen LogP contribution in [0.1, 0.15) is 10.4 Å². The maximum Gasteiger partial charge on any atom is 0.254 e. The molecular weight excluding hydrogens is 201 g/mol. The molecule has 0 aromatic heterocycles. The molecule has 5 nitrogen and oxygen atoms in total. The molecule has 0 heterocycles. The van der Waals surface area contributed by atoms with E-state index >= 15 is 0 Å². The first kappa shape index (κ1) is 11.0. The Labute approximate surface area is 85.2 Å². The predicted octanol–water partition coefficient (Wildman–Crippen LogP) is -0.377. The Morgan fingerprint density at radius 1 is 1.40 bits per heavy atom. The highest BCUT2D eigenvalue weighted by Crippen LogP contribution is 2.11. The number of nitrogen functional groups attached to an aromatic ring is 1. The van der Waals surface area contributed by atoms with Crippen LogP contribution in [-0.4, -0.2) is 18.4 Å². The number of rotatable bonds is 3. The van der Waals surface area contributed by atoms with Crippen LogP contribution in [0, 0.1) is 5.82 Å². The molecule has 0 aliphatic rings. The first-order valence-corrected chi connectivity index (χ1v) is 4.12. The zero-order valence-corrected chi connectivity index (χ0v) is 7.79. The lowest BCUT2D eigenvalue weighted by Crippen LogP contribution is -2.33. The van der Waals surface area contributed by atoms with Crippen LogP contribution >= 0.6 is 0 Å². The van der Waals surface area contributed by atoms with Gasteiger partial charge in [0, 0.05) is 5.69 Å². The van der Waals surface area contributed by atoms with Crippen LogP contribution in [0.15, 0.2) is 18.2 Å². The highest BCUT2D eigenvalue weighted by molar-refractivity contribution is 5.97. The fraction of sp³-hybridized carbons (Fsp3) is 0.111. The molecule has 5 N–H and O–H groups in total. The van der Waals surface area contributed by atoms with E-state index in [1.165, 1.54) is 12.1 Å². The Morgan fingerprint density at radius 3 is 2.67 bits per heavy atom. The normalized spacial score (nSPS) is 9.67. The van der Waals surface area contributed by atoms with Crippen molar-refractivity contribution in [3.8, 4) is 0 Å². The summed E-state index contributed by atoms with van der Waals surface area (Å²) in [6, 6.07) is 3.60. The van der Waals surface area contributed by atoms with E-state index in [-0.39, 0.29) is 17.8 Å². The average Bonchev–Trinajstić information content (AvgIpc) is 2.18. The molecule has 0 fully saturated rings. The van der Waals surface area contributed by atoms with Crippen molar-refractivity contribution in [1.29, 1.82) is 0 Å². The van der Waals surface area contributed by atoms with E-state index in [1.54, 1.807) is 0 Å². The largest absolute Gasteiger partial charge is 0.399 e. The van der Waals surface area contributed by atoms with Gasteiger partial charge in [0.25, 0.3) is 5.91 Å². The summed E-state index contributed by atoms with van der Waals surface area (Å²) in [5, 5.41) is 2.16. The van der Waals surface area contributed by atoms with Gasteiger partial charge >= 0.3 is 0 Å². The maximum absolute atomic E-state index is 13.1. The van der Waals surface area contributed by atoms with Gasteiger partial charge in [-0.3, -0.25) is 9.59 Å². The van der Waals surface area contributed by atoms with Crippen molar-refractivity contribution < 1.29 is 14.0 Å². The smallest absolute Gasteiger partial charge is 0.254 e. The van der Waals surface area contributed by atoms with E-state index < -0.39 is 17.6 Å². The van der Waals surface area contributed by atoms with E-state index in [2.05, 4.69) is 5.32 Å². The van der Waals surface area contributed by atoms with Crippen molar-refractivity contribution in [1.82, 2.24) is 5.32 Å². The molecule has 1 rings (SSSR count). The monoisotopic (exact) mass is 211 g/mol. The minimum absolute atomic E-state index is 0.212. The molecule has 1 aromatic rings. The van der Waals surface area contributed by atoms with Gasteiger partial charge in [-0.1, -0.05) is 0 Å². The highest BCUT2D eigenvalue weighted by Gasteiger charge is 2.11. The van der Waals surface area contributed by atoms with Gasteiger partial charge in [-0.25, -0.2) is 4.39 Å². The fourth-order valence-electron chi connectivity index (χ4n) is 0.980. The summed E-state index contributed by atoms with van der Waals surface area (Å²) < 4.78 is 13.1. The van der Waals surface area contributed by atoms with Crippen molar-refractivity contribution >= 4 is 17.5 Å². The summed E-state index contributed by atoms with van der Waals surface area (Å²) in [6.45, 7) is -0.340. The lowest BCUT2D eigenvalue weighted by molar-refractivity contribution is -0.117. The van der Waals surface area contributed by atoms with Crippen LogP contribution in [0.3, 0.4) is 0 Å². The van der Waals surface area contributed by atoms with Crippen molar-refractivity contribution in [2.45, 2.75) is 0 Å². The number of hydrogen-bond donors (Lipinski definition) is 3. The molecule has 0 saturated carbocycles. The summed E-state index contributed by atoms with van der Waals surface area (Å²) in [4.78, 5) is 21.7. The standard InChI is InChI=1S/C9H10FN3O2/c10-7-2-1-5(11)3-6(7)9(15)13-4-8(12)14/h1-3H,4,11H2,(H2,12,14)(H,13,15). The molecule has 15 heavy (non-hydrogen) atoms. The van der Waals surface area contributed by atoms with Crippen LogP contribution < -0.4 is 16.8 Å². The van der Waals surface area contributed by atoms with Gasteiger partial charge < -0.3 is 16.8 Å². The van der Waals surface area contributed by atoms with Crippen molar-refractivity contribution in [2.24, 2.45) is 5.73 Å². The number of amides is 2. The highest BCUT2D eigenvalue weighted by atomic mass is 19.1. The minimum atomic E-state index is -0.724. The Balaban J connectivity index is 2.81. The number of carbonyl (C=O) groups is 2. The van der Waals surface area contributed by atoms with E-state index in [0.29, 0.717) is 0 Å². The molecule has 2 amide bonds. The van der Waals surface area contributed by atoms with Gasteiger partial charge in [0.05, 0.1) is 12.1 Å². The maximum atomic E-state index is 13.1. The van der Waals surface area contributed by atoms with Crippen LogP contribution in [0.2, 0.25) is 0 Å². The molecule has 0 bridgehead atoms. The number of nitrogens with two attached hydrogens (primary N) is 2. The van der Waals surface area contributed by atoms with Gasteiger partial charge in [0.15, 0.2) is 0 Å². The third-order valence-electron chi connectivity index (χ3n) is 1.66. The summed E-state index contributed by atoms with van der Waals surface area (Å²) in [7, 11) is 0. The number of carbonyl (C=O) groups excluding carboxylic acids is 2. The second kappa shape index (κ2) is 4.41. The third kappa shape index (κ3) is 2.94. The van der Waals surface area contributed by atoms with Gasteiger partial charge in [0.1, 0.15) is 5.82 Å². The number of anilines is 1. The Kier molecular flexibility index (Phi) is 3.22. The second-order valence-corrected chi connectivity index (χ2v) is 2.89. The average molecular weight is 211 g/mol. The van der Waals surface area contributed by atoms with E-state index in [4.69, 9.17) is 11.5 Å². The Bertz CT molecular complexity index is 406. The van der Waals surface area contributed by atoms with Gasteiger partial charge in [-0.2, -0.15) is 0 Å². The van der Waals surface area contributed by atoms with E-state index in [0.717, 1.165) is 6.07 Å². The SMILES string of the molecule is NC(=O)CNC(=O)c1cc(N)ccc1F. The molecule has 0 atom stereocenters. The molecule has 0 spiro atoms. The first-order valence-electron chi connectivity index (χ1n) is 4.12. The first-order chi connectivity index (χ1) is 7.00. The number of halogens is 1. The third-order valence-corrected chi connectivity index (χ3v) is 1.66. The summed E-state index contributed by atoms with van der Waals surface area (Å²) >= 11 is 0. The summed E-state index contributed by atoms with van der Waals surface area (Å²) in [5.74, 6) is -2.13. The fourth-order valence-corrected chi connectivity index (χ4v) is 0.980. The Morgan fingerprint density at radius 2 is 2.07 bits per heavy atom. The number of nitrogens with one attached hydrogen (secondary N) is 1. The van der Waals surface area contributed by atoms with Gasteiger partial charge in [-0.05, 0) is 18.2 Å². The van der Waals surface area contributed by atoms with E-state index in [9.17, 15) is 14.0 Å². The minimum Gasteiger partial charge on any atom is -0.399 e. The van der Waals surface area contributed by atoms with Gasteiger partial charge in [-0.15, -0.1) is 0 Å². The topological polar surface area (TPSA) is 98.2 Å². The van der Waals surface area contributed by atoms with Crippen molar-refractivity contribution in [3.63, 3.8) is 0 Å². The molecule has 0 aliphatic carbocycles. The molecule has 6 heteroatoms. The quantitative estimate of drug-likeness (QED) is 0.594. The van der Waals surface area contributed by atoms with Crippen LogP contribution in [0.4, 0.5) is 10.1 Å². The van der Waals surface area contributed by atoms with Crippen LogP contribution in [0.5, 0.6) is 0 Å². The number of benzene rings is 1. The zero-order chi connectivity index (χ0) is 11.4. The van der Waals surface area contributed by atoms with Gasteiger partial charge in [0.2, 0.25) is 5.91 Å².